The predicted molar refractivity (Wildman–Crippen MR) is 500 cm³/mol. The summed E-state index contributed by atoms with van der Waals surface area (Å²) in [6.07, 6.45) is 18.3. The minimum Gasteiger partial charge on any atom is -0.633 e. The van der Waals surface area contributed by atoms with Crippen LogP contribution in [0.4, 0.5) is 34.5 Å². The predicted octanol–water partition coefficient (Wildman–Crippen LogP) is 13.7. The number of hydroxylamine groups is 9. The molecule has 3 saturated carbocycles. The van der Waals surface area contributed by atoms with Gasteiger partial charge in [0.1, 0.15) is 81.5 Å². The molecular formula is C96H93N21O14. The third-order valence-corrected chi connectivity index (χ3v) is 22.5. The Kier molecular flexibility index (Phi) is 25.2. The number of nitrogens with zero attached hydrogens (tertiary/aromatic N) is 16. The Labute approximate surface area is 749 Å². The van der Waals surface area contributed by atoms with Crippen LogP contribution in [0.1, 0.15) is 44.1 Å². The first kappa shape index (κ1) is 88.3. The molecule has 3 aliphatic carbocycles. The zero-order chi connectivity index (χ0) is 92.0. The number of phenolic OH excluding ortho intramolecular Hbond substituents is 1. The first-order valence-electron chi connectivity index (χ1n) is 42.0. The first-order chi connectivity index (χ1) is 63.0. The average molecular weight is 1760 g/mol. The molecule has 0 radical (unpaired) electrons. The number of aromatic hydroxyl groups is 1. The van der Waals surface area contributed by atoms with Crippen molar-refractivity contribution in [3.63, 3.8) is 0 Å². The number of phenols is 1. The van der Waals surface area contributed by atoms with Gasteiger partial charge in [0.15, 0.2) is 34.4 Å². The maximum absolute atomic E-state index is 14.0. The summed E-state index contributed by atoms with van der Waals surface area (Å²) in [7, 11) is 7.99. The summed E-state index contributed by atoms with van der Waals surface area (Å²) in [6, 6.07) is 63.5. The van der Waals surface area contributed by atoms with E-state index >= 15 is 0 Å². The fourth-order valence-corrected chi connectivity index (χ4v) is 15.2. The number of nitrogens with one attached hydrogen (secondary N) is 2. The van der Waals surface area contributed by atoms with E-state index < -0.39 is 27.6 Å². The number of hydrogen-bond donors (Lipinski definition) is 6. The number of rotatable bonds is 28. The number of ether oxygens (including phenoxy) is 4. The number of likely N-dealkylation sites (N-methyl/N-ethyl adjacent to an activating group) is 4. The van der Waals surface area contributed by atoms with Gasteiger partial charge in [-0.15, -0.1) is 0 Å². The lowest BCUT2D eigenvalue weighted by molar-refractivity contribution is -0.865. The lowest BCUT2D eigenvalue weighted by Crippen LogP contribution is -2.40. The Morgan fingerprint density at radius 3 is 1.15 bits per heavy atom. The number of fused-ring (bicyclic) bond motifs is 3. The molecule has 3 aliphatic rings. The molecule has 3 atom stereocenters. The van der Waals surface area contributed by atoms with Gasteiger partial charge in [-0.1, -0.05) is 42.5 Å². The van der Waals surface area contributed by atoms with Crippen LogP contribution in [0.2, 0.25) is 0 Å². The van der Waals surface area contributed by atoms with Crippen LogP contribution >= 0.6 is 0 Å². The molecule has 3 unspecified atom stereocenters. The van der Waals surface area contributed by atoms with Gasteiger partial charge < -0.3 is 86.3 Å². The van der Waals surface area contributed by atoms with Gasteiger partial charge in [-0.2, -0.15) is 0 Å². The maximum Gasteiger partial charge on any atom is 0.339 e. The van der Waals surface area contributed by atoms with Crippen molar-refractivity contribution in [3.8, 4) is 80.1 Å². The summed E-state index contributed by atoms with van der Waals surface area (Å²) >= 11 is 0. The van der Waals surface area contributed by atoms with Crippen LogP contribution in [-0.4, -0.2) is 167 Å². The van der Waals surface area contributed by atoms with Crippen LogP contribution in [0.3, 0.4) is 0 Å². The summed E-state index contributed by atoms with van der Waals surface area (Å²) in [6.45, 7) is 2.53. The molecule has 35 heteroatoms. The lowest BCUT2D eigenvalue weighted by atomic mass is 10.2. The Morgan fingerprint density at radius 1 is 0.420 bits per heavy atom. The topological polar surface area (TPSA) is 441 Å². The van der Waals surface area contributed by atoms with Gasteiger partial charge in [0.2, 0.25) is 11.8 Å². The number of carbonyl (C=O) groups is 3. The minimum atomic E-state index is -0.457. The molecule has 9 N–H and O–H groups in total. The highest BCUT2D eigenvalue weighted by molar-refractivity contribution is 6.02. The van der Waals surface area contributed by atoms with Crippen molar-refractivity contribution in [2.75, 3.05) is 87.7 Å². The van der Waals surface area contributed by atoms with Crippen LogP contribution in [0.25, 0.3) is 67.6 Å². The van der Waals surface area contributed by atoms with Gasteiger partial charge >= 0.3 is 17.1 Å². The lowest BCUT2D eigenvalue weighted by Gasteiger charge is -2.38. The van der Waals surface area contributed by atoms with E-state index in [1.807, 2.05) is 73.7 Å². The summed E-state index contributed by atoms with van der Waals surface area (Å²) in [5.41, 5.74) is 24.6. The van der Waals surface area contributed by atoms with Crippen molar-refractivity contribution in [3.05, 3.63) is 326 Å². The standard InChI is InChI=1S/2C32H31N7O5.C32H31N7O4/c1-36(28(41)7-4-18-39(2,43)24-10-11-24)22-5-3-6-23(19-22)38-31-29(30(33)34-20-35-31)37(32(38)42)21-8-14-26(15-9-21)44-27-16-12-25(40)13-17-27;1-39(42,24-12-13-24)16-6-9-28(40)36-21-17-23(19-27(18-21)43-2)38-31-29(30(33)34-20-35-31)37(32(38)41)22-10-14-26(15-11-22)44-25-7-4-3-5-8-25;1-21-17-22(36-28(40)9-6-16-39(2,42)25-12-13-25)19-24(18-21)38-31-29(30(33)34-20-35-31)37(32(38)41)23-10-14-27(15-11-23)43-26-7-4-3-5-8-26/h3-9,12-17,19-20,24,40H,10-11,18H2,1-2H3,(H2,33,34,35);3-11,14-15,17-20,24H,12-13,16H2,1-2H3,(H,36,40)(H2,33,34,35);3-11,14-15,17-20,25H,12-13,16H2,1-2H3,(H,36,40)(H2,33,34,35)/b7-4+;2*9-6+. The first-order valence-corrected chi connectivity index (χ1v) is 42.0. The van der Waals surface area contributed by atoms with Gasteiger partial charge in [0.25, 0.3) is 5.91 Å². The molecule has 15 aromatic rings. The van der Waals surface area contributed by atoms with Crippen molar-refractivity contribution in [1.82, 2.24) is 57.3 Å². The summed E-state index contributed by atoms with van der Waals surface area (Å²) < 4.78 is 30.5. The number of benzene rings is 9. The van der Waals surface area contributed by atoms with Crippen LogP contribution in [-0.2, 0) is 14.4 Å². The van der Waals surface area contributed by atoms with Gasteiger partial charge in [-0.05, 0) is 195 Å². The zero-order valence-electron chi connectivity index (χ0n) is 72.2. The molecule has 131 heavy (non-hydrogen) atoms. The van der Waals surface area contributed by atoms with E-state index in [4.69, 9.17) is 36.1 Å². The van der Waals surface area contributed by atoms with E-state index in [1.165, 1.54) is 88.8 Å². The number of hydrogen-bond acceptors (Lipinski definition) is 23. The third kappa shape index (κ3) is 20.1. The molecule has 18 rings (SSSR count). The summed E-state index contributed by atoms with van der Waals surface area (Å²) in [4.78, 5) is 107. The second kappa shape index (κ2) is 37.4. The molecule has 0 bridgehead atoms. The highest BCUT2D eigenvalue weighted by Gasteiger charge is 2.37. The average Bonchev–Trinajstić information content (AvgIpc) is 1.60. The van der Waals surface area contributed by atoms with Crippen molar-refractivity contribution < 1.29 is 52.4 Å². The van der Waals surface area contributed by atoms with Gasteiger partial charge in [0.05, 0.1) is 100 Å². The van der Waals surface area contributed by atoms with Crippen molar-refractivity contribution >= 4 is 85.7 Å². The normalized spacial score (nSPS) is 14.5. The number of para-hydroxylation sites is 2. The highest BCUT2D eigenvalue weighted by atomic mass is 16.6. The molecule has 9 aromatic carbocycles. The molecular weight excluding hydrogens is 1670 g/mol. The maximum atomic E-state index is 14.0. The van der Waals surface area contributed by atoms with E-state index in [2.05, 4.69) is 40.5 Å². The van der Waals surface area contributed by atoms with Crippen LogP contribution < -0.4 is 68.8 Å². The molecule has 0 aliphatic heterocycles. The van der Waals surface area contributed by atoms with Crippen LogP contribution in [0, 0.1) is 22.5 Å². The largest absolute Gasteiger partial charge is 0.633 e. The number of aryl methyl sites for hydroxylation is 1. The van der Waals surface area contributed by atoms with Gasteiger partial charge in [-0.3, -0.25) is 28.1 Å². The molecule has 3 fully saturated rings. The van der Waals surface area contributed by atoms with E-state index in [9.17, 15) is 49.5 Å². The zero-order valence-corrected chi connectivity index (χ0v) is 72.2. The smallest absolute Gasteiger partial charge is 0.339 e. The summed E-state index contributed by atoms with van der Waals surface area (Å²) in [5, 5.41) is 52.7. The molecule has 0 saturated heterocycles. The van der Waals surface area contributed by atoms with Crippen LogP contribution in [0.5, 0.6) is 46.0 Å². The van der Waals surface area contributed by atoms with Crippen molar-refractivity contribution in [1.29, 1.82) is 0 Å². The monoisotopic (exact) mass is 1760 g/mol. The van der Waals surface area contributed by atoms with Crippen molar-refractivity contribution in [2.45, 2.75) is 63.6 Å². The number of carbonyl (C=O) groups excluding carboxylic acids is 3. The quantitative estimate of drug-likeness (QED) is 0.0151. The molecule has 666 valence electrons. The highest BCUT2D eigenvalue weighted by Crippen LogP contribution is 2.37. The Bertz CT molecular complexity index is 7060. The molecule has 35 nitrogen and oxygen atoms in total. The SMILES string of the molecule is CN(C(=O)/C=C/C[N+](C)([O-])C1CC1)c1cccc(-n2c(=O)n(-c3ccc(Oc4ccc(O)cc4)cc3)c3c(N)ncnc32)c1.COc1cc(NC(=O)/C=C/C[N+](C)([O-])C2CC2)cc(-n2c(=O)n(-c3ccc(Oc4ccccc4)cc3)c3c(N)ncnc32)c1.Cc1cc(NC(=O)/C=C/C[N+](C)([O-])C2CC2)cc(-n2c(=O)n(-c3ccc(Oc4ccccc4)cc3)c3c(N)ncnc32)c1. The second-order valence-electron chi connectivity index (χ2n) is 32.4. The number of nitrogen functional groups attached to an aromatic ring is 3. The van der Waals surface area contributed by atoms with E-state index in [-0.39, 0.29) is 87.7 Å². The van der Waals surface area contributed by atoms with E-state index in [0.29, 0.717) is 119 Å². The number of anilines is 6. The van der Waals surface area contributed by atoms with Crippen molar-refractivity contribution in [2.24, 2.45) is 0 Å². The van der Waals surface area contributed by atoms with Crippen LogP contribution in [0.15, 0.2) is 288 Å². The molecule has 0 spiro atoms. The van der Waals surface area contributed by atoms with Gasteiger partial charge in [0, 0.05) is 93.0 Å². The fraction of sp³-hybridized carbons (Fsp3) is 0.188. The molecule has 6 aromatic heterocycles. The van der Waals surface area contributed by atoms with E-state index in [0.717, 1.165) is 44.1 Å². The molecule has 3 amide bonds. The fourth-order valence-electron chi connectivity index (χ4n) is 15.2. The Balaban J connectivity index is 0.000000144. The number of quaternary nitrogens is 3. The number of methoxy groups -OCH3 is 1. The number of imidazole rings is 3. The Hall–Kier alpha value is -16.2. The number of amides is 3. The van der Waals surface area contributed by atoms with Gasteiger partial charge in [-0.25, -0.2) is 58.0 Å². The summed E-state index contributed by atoms with van der Waals surface area (Å²) in [5.74, 6) is 3.49. The minimum absolute atomic E-state index is 0.0995. The number of aromatic nitrogens is 12. The second-order valence-corrected chi connectivity index (χ2v) is 32.4. The molecule has 6 heterocycles. The third-order valence-electron chi connectivity index (χ3n) is 22.5. The van der Waals surface area contributed by atoms with E-state index in [1.54, 1.807) is 186 Å². The Morgan fingerprint density at radius 2 is 0.771 bits per heavy atom. The number of nitrogens with two attached hydrogens (primary N) is 3.